The van der Waals surface area contributed by atoms with Crippen LogP contribution in [0.25, 0.3) is 0 Å². The molecule has 0 saturated carbocycles. The molecule has 0 aliphatic rings. The van der Waals surface area contributed by atoms with Gasteiger partial charge in [-0.15, -0.1) is 0 Å². The normalized spacial score (nSPS) is 12.4. The highest BCUT2D eigenvalue weighted by atomic mass is 79.9. The molecule has 1 aromatic carbocycles. The van der Waals surface area contributed by atoms with Crippen molar-refractivity contribution in [1.29, 1.82) is 0 Å². The monoisotopic (exact) mass is 312 g/mol. The van der Waals surface area contributed by atoms with Crippen molar-refractivity contribution in [2.45, 2.75) is 12.5 Å². The average molecular weight is 313 g/mol. The minimum atomic E-state index is -0.887. The van der Waals surface area contributed by atoms with Crippen LogP contribution in [0.2, 0.25) is 0 Å². The zero-order chi connectivity index (χ0) is 13.1. The largest absolute Gasteiger partial charge is 0.324 e. The van der Waals surface area contributed by atoms with Crippen LogP contribution in [0.1, 0.15) is 17.3 Å². The van der Waals surface area contributed by atoms with Crippen LogP contribution < -0.4 is 5.73 Å². The summed E-state index contributed by atoms with van der Waals surface area (Å²) in [5, 5.41) is 0. The van der Waals surface area contributed by atoms with Gasteiger partial charge in [-0.05, 0) is 34.1 Å². The number of rotatable bonds is 3. The quantitative estimate of drug-likeness (QED) is 0.943. The summed E-state index contributed by atoms with van der Waals surface area (Å²) < 4.78 is 27.5. The summed E-state index contributed by atoms with van der Waals surface area (Å²) >= 11 is 3.27. The lowest BCUT2D eigenvalue weighted by Crippen LogP contribution is -2.16. The molecule has 0 radical (unpaired) electrons. The molecule has 2 rings (SSSR count). The highest BCUT2D eigenvalue weighted by molar-refractivity contribution is 9.10. The third kappa shape index (κ3) is 2.91. The molecular weight excluding hydrogens is 302 g/mol. The molecule has 1 aromatic heterocycles. The van der Waals surface area contributed by atoms with Gasteiger partial charge in [0.1, 0.15) is 0 Å². The summed E-state index contributed by atoms with van der Waals surface area (Å²) in [7, 11) is 0. The molecule has 0 spiro atoms. The summed E-state index contributed by atoms with van der Waals surface area (Å²) in [6.45, 7) is 0. The highest BCUT2D eigenvalue weighted by Gasteiger charge is 2.15. The van der Waals surface area contributed by atoms with Gasteiger partial charge in [0.05, 0.1) is 0 Å². The van der Waals surface area contributed by atoms with Gasteiger partial charge in [-0.25, -0.2) is 8.78 Å². The Bertz CT molecular complexity index is 543. The number of nitrogens with two attached hydrogens (primary N) is 1. The molecule has 1 heterocycles. The lowest BCUT2D eigenvalue weighted by molar-refractivity contribution is 0.487. The topological polar surface area (TPSA) is 38.9 Å². The maximum atomic E-state index is 13.5. The second kappa shape index (κ2) is 5.54. The fraction of sp³-hybridized carbons (Fsp3) is 0.154. The molecule has 0 amide bonds. The van der Waals surface area contributed by atoms with Crippen molar-refractivity contribution in [1.82, 2.24) is 4.98 Å². The van der Waals surface area contributed by atoms with Crippen LogP contribution in [-0.2, 0) is 6.42 Å². The average Bonchev–Trinajstić information content (AvgIpc) is 2.35. The first-order valence-corrected chi connectivity index (χ1v) is 6.17. The van der Waals surface area contributed by atoms with E-state index in [2.05, 4.69) is 20.9 Å². The third-order valence-electron chi connectivity index (χ3n) is 2.60. The van der Waals surface area contributed by atoms with E-state index in [4.69, 9.17) is 5.73 Å². The molecule has 2 nitrogen and oxygen atoms in total. The molecule has 0 aliphatic heterocycles. The van der Waals surface area contributed by atoms with Gasteiger partial charge in [-0.3, -0.25) is 4.98 Å². The van der Waals surface area contributed by atoms with E-state index in [0.717, 1.165) is 16.2 Å². The summed E-state index contributed by atoms with van der Waals surface area (Å²) in [6.07, 6.45) is 2.00. The minimum Gasteiger partial charge on any atom is -0.324 e. The SMILES string of the molecule is NC(Cc1ccc(Br)cn1)c1cccc(F)c1F. The van der Waals surface area contributed by atoms with E-state index in [9.17, 15) is 8.78 Å². The Kier molecular flexibility index (Phi) is 4.04. The first-order chi connectivity index (χ1) is 8.58. The van der Waals surface area contributed by atoms with Crippen LogP contribution in [-0.4, -0.2) is 4.98 Å². The molecule has 0 fully saturated rings. The zero-order valence-electron chi connectivity index (χ0n) is 9.41. The molecule has 1 atom stereocenters. The van der Waals surface area contributed by atoms with E-state index in [-0.39, 0.29) is 5.56 Å². The molecule has 94 valence electrons. The van der Waals surface area contributed by atoms with Crippen LogP contribution in [0.5, 0.6) is 0 Å². The van der Waals surface area contributed by atoms with E-state index in [1.54, 1.807) is 12.3 Å². The van der Waals surface area contributed by atoms with Crippen molar-refractivity contribution in [2.75, 3.05) is 0 Å². The van der Waals surface area contributed by atoms with Gasteiger partial charge in [-0.2, -0.15) is 0 Å². The second-order valence-electron chi connectivity index (χ2n) is 3.92. The highest BCUT2D eigenvalue weighted by Crippen LogP contribution is 2.20. The predicted octanol–water partition coefficient (Wildman–Crippen LogP) is 3.36. The van der Waals surface area contributed by atoms with Crippen molar-refractivity contribution in [3.63, 3.8) is 0 Å². The molecule has 1 unspecified atom stereocenters. The smallest absolute Gasteiger partial charge is 0.163 e. The van der Waals surface area contributed by atoms with Gasteiger partial charge in [0, 0.05) is 34.4 Å². The van der Waals surface area contributed by atoms with Crippen LogP contribution in [0.3, 0.4) is 0 Å². The third-order valence-corrected chi connectivity index (χ3v) is 3.07. The Balaban J connectivity index is 2.19. The van der Waals surface area contributed by atoms with Gasteiger partial charge in [-0.1, -0.05) is 12.1 Å². The minimum absolute atomic E-state index is 0.166. The van der Waals surface area contributed by atoms with Crippen LogP contribution in [0, 0.1) is 11.6 Å². The Morgan fingerprint density at radius 3 is 2.67 bits per heavy atom. The number of aromatic nitrogens is 1. The Hall–Kier alpha value is -1.33. The first kappa shape index (κ1) is 13.1. The molecular formula is C13H11BrF2N2. The maximum absolute atomic E-state index is 13.5. The zero-order valence-corrected chi connectivity index (χ0v) is 11.0. The molecule has 5 heteroatoms. The molecule has 18 heavy (non-hydrogen) atoms. The molecule has 0 saturated heterocycles. The van der Waals surface area contributed by atoms with E-state index >= 15 is 0 Å². The fourth-order valence-corrected chi connectivity index (χ4v) is 1.90. The van der Waals surface area contributed by atoms with E-state index in [0.29, 0.717) is 6.42 Å². The Morgan fingerprint density at radius 2 is 2.00 bits per heavy atom. The second-order valence-corrected chi connectivity index (χ2v) is 4.84. The summed E-state index contributed by atoms with van der Waals surface area (Å²) in [5.74, 6) is -1.77. The number of benzene rings is 1. The fourth-order valence-electron chi connectivity index (χ4n) is 1.67. The summed E-state index contributed by atoms with van der Waals surface area (Å²) in [5.41, 5.74) is 6.77. The van der Waals surface area contributed by atoms with Gasteiger partial charge in [0.2, 0.25) is 0 Å². The number of hydrogen-bond donors (Lipinski definition) is 1. The van der Waals surface area contributed by atoms with Crippen molar-refractivity contribution in [3.05, 3.63) is 63.9 Å². The summed E-state index contributed by atoms with van der Waals surface area (Å²) in [4.78, 5) is 4.15. The molecule has 0 aliphatic carbocycles. The van der Waals surface area contributed by atoms with E-state index < -0.39 is 17.7 Å². The van der Waals surface area contributed by atoms with Crippen LogP contribution >= 0.6 is 15.9 Å². The van der Waals surface area contributed by atoms with Gasteiger partial charge in [0.25, 0.3) is 0 Å². The molecule has 0 bridgehead atoms. The lowest BCUT2D eigenvalue weighted by Gasteiger charge is -2.12. The number of pyridine rings is 1. The van der Waals surface area contributed by atoms with E-state index in [1.165, 1.54) is 12.1 Å². The Labute approximate surface area is 112 Å². The standard InChI is InChI=1S/C13H11BrF2N2/c14-8-4-5-9(18-7-8)6-12(17)10-2-1-3-11(15)13(10)16/h1-5,7,12H,6,17H2. The van der Waals surface area contributed by atoms with Crippen molar-refractivity contribution in [3.8, 4) is 0 Å². The van der Waals surface area contributed by atoms with Crippen LogP contribution in [0.15, 0.2) is 41.0 Å². The lowest BCUT2D eigenvalue weighted by atomic mass is 10.0. The van der Waals surface area contributed by atoms with Crippen molar-refractivity contribution >= 4 is 15.9 Å². The summed E-state index contributed by atoms with van der Waals surface area (Å²) in [6, 6.07) is 7.01. The maximum Gasteiger partial charge on any atom is 0.163 e. The number of nitrogens with zero attached hydrogens (tertiary/aromatic N) is 1. The molecule has 2 N–H and O–H groups in total. The number of halogens is 3. The Morgan fingerprint density at radius 1 is 1.22 bits per heavy atom. The van der Waals surface area contributed by atoms with Gasteiger partial charge < -0.3 is 5.73 Å². The first-order valence-electron chi connectivity index (χ1n) is 5.38. The van der Waals surface area contributed by atoms with Gasteiger partial charge in [0.15, 0.2) is 11.6 Å². The predicted molar refractivity (Wildman–Crippen MR) is 68.9 cm³/mol. The van der Waals surface area contributed by atoms with Crippen molar-refractivity contribution in [2.24, 2.45) is 5.73 Å². The van der Waals surface area contributed by atoms with E-state index in [1.807, 2.05) is 6.07 Å². The molecule has 2 aromatic rings. The van der Waals surface area contributed by atoms with Crippen molar-refractivity contribution < 1.29 is 8.78 Å². The number of hydrogen-bond acceptors (Lipinski definition) is 2. The van der Waals surface area contributed by atoms with Crippen LogP contribution in [0.4, 0.5) is 8.78 Å². The van der Waals surface area contributed by atoms with Gasteiger partial charge >= 0.3 is 0 Å².